The molecular weight excluding hydrogens is 561 g/mol. The van der Waals surface area contributed by atoms with Gasteiger partial charge in [0.25, 0.3) is 0 Å². The van der Waals surface area contributed by atoms with Crippen LogP contribution in [0.1, 0.15) is 82.7 Å². The number of benzene rings is 4. The van der Waals surface area contributed by atoms with Crippen LogP contribution in [-0.4, -0.2) is 10.3 Å². The van der Waals surface area contributed by atoms with Crippen LogP contribution >= 0.6 is 24.4 Å². The Morgan fingerprint density at radius 1 is 0.721 bits per heavy atom. The van der Waals surface area contributed by atoms with E-state index in [1.165, 1.54) is 61.2 Å². The van der Waals surface area contributed by atoms with Crippen molar-refractivity contribution in [1.29, 1.82) is 0 Å². The van der Waals surface area contributed by atoms with Crippen molar-refractivity contribution in [3.8, 4) is 0 Å². The van der Waals surface area contributed by atoms with Gasteiger partial charge in [-0.1, -0.05) is 87.0 Å². The molecule has 6 rings (SSSR count). The summed E-state index contributed by atoms with van der Waals surface area (Å²) in [6.45, 7) is 4.43. The molecule has 43 heavy (non-hydrogen) atoms. The third-order valence-electron chi connectivity index (χ3n) is 8.79. The molecule has 2 nitrogen and oxygen atoms in total. The summed E-state index contributed by atoms with van der Waals surface area (Å²) in [5.41, 5.74) is 16.1. The number of aryl methyl sites for hydroxylation is 3. The molecule has 0 amide bonds. The molecule has 0 radical (unpaired) electrons. The highest BCUT2D eigenvalue weighted by Gasteiger charge is 2.29. The van der Waals surface area contributed by atoms with Crippen LogP contribution in [0.4, 0.5) is 11.4 Å². The van der Waals surface area contributed by atoms with E-state index in [0.717, 1.165) is 49.9 Å². The fraction of sp³-hybridized carbons (Fsp3) is 0.231. The summed E-state index contributed by atoms with van der Waals surface area (Å²) in [6, 6.07) is 29.0. The van der Waals surface area contributed by atoms with Gasteiger partial charge in [0.2, 0.25) is 0 Å². The number of allylic oxidation sites excluding steroid dienone is 2. The summed E-state index contributed by atoms with van der Waals surface area (Å²) < 4.78 is 0. The van der Waals surface area contributed by atoms with Crippen molar-refractivity contribution >= 4 is 69.4 Å². The molecule has 1 unspecified atom stereocenters. The van der Waals surface area contributed by atoms with E-state index >= 15 is 0 Å². The molecule has 0 saturated heterocycles. The molecular formula is C39H34N2S2. The second-order valence-corrected chi connectivity index (χ2v) is 11.8. The summed E-state index contributed by atoms with van der Waals surface area (Å²) in [5.74, 6) is 0.128. The maximum atomic E-state index is 5.05. The average Bonchev–Trinajstić information content (AvgIpc) is 3.04. The third kappa shape index (κ3) is 6.20. The van der Waals surface area contributed by atoms with Crippen LogP contribution in [0.3, 0.4) is 0 Å². The summed E-state index contributed by atoms with van der Waals surface area (Å²) in [4.78, 5) is 8.75. The molecule has 0 N–H and O–H groups in total. The highest BCUT2D eigenvalue weighted by atomic mass is 32.1. The van der Waals surface area contributed by atoms with E-state index < -0.39 is 0 Å². The molecule has 0 bridgehead atoms. The van der Waals surface area contributed by atoms with E-state index in [2.05, 4.69) is 119 Å². The summed E-state index contributed by atoms with van der Waals surface area (Å²) >= 11 is 9.96. The van der Waals surface area contributed by atoms with Crippen molar-refractivity contribution < 1.29 is 0 Å². The molecule has 2 aliphatic carbocycles. The van der Waals surface area contributed by atoms with Gasteiger partial charge in [0.1, 0.15) is 0 Å². The van der Waals surface area contributed by atoms with Crippen LogP contribution in [0.2, 0.25) is 0 Å². The first kappa shape index (κ1) is 29.1. The number of hydrogen-bond donors (Lipinski definition) is 0. The van der Waals surface area contributed by atoms with Crippen molar-refractivity contribution in [2.24, 2.45) is 9.98 Å². The standard InChI is InChI=1S/C39H34N2S2/c1-3-5-27-8-12-29(13-9-27)36-21-31-16-17-34(40-24-42)19-33(31)22-38(36)39-23-35(41-25-43)18-32-15-14-30(20-37(32)39)28-10-6-26(4-2)7-11-28/h6-13,16-21,23,38H,3-5,14-15,22H2,1-2H3. The molecule has 2 aliphatic rings. The summed E-state index contributed by atoms with van der Waals surface area (Å²) in [5, 5.41) is 5.14. The number of hydrogen-bond acceptors (Lipinski definition) is 4. The fourth-order valence-electron chi connectivity index (χ4n) is 6.55. The van der Waals surface area contributed by atoms with Crippen LogP contribution in [0.5, 0.6) is 0 Å². The van der Waals surface area contributed by atoms with Crippen molar-refractivity contribution in [2.45, 2.75) is 58.3 Å². The molecule has 0 spiro atoms. The Morgan fingerprint density at radius 2 is 1.42 bits per heavy atom. The lowest BCUT2D eigenvalue weighted by molar-refractivity contribution is 0.836. The van der Waals surface area contributed by atoms with Gasteiger partial charge in [-0.3, -0.25) is 0 Å². The van der Waals surface area contributed by atoms with Crippen LogP contribution < -0.4 is 0 Å². The molecule has 0 fully saturated rings. The van der Waals surface area contributed by atoms with Crippen molar-refractivity contribution in [3.05, 3.63) is 129 Å². The Hall–Kier alpha value is -4.04. The second kappa shape index (κ2) is 13.1. The maximum Gasteiger partial charge on any atom is 0.0745 e. The summed E-state index contributed by atoms with van der Waals surface area (Å²) in [6.07, 6.45) is 10.9. The number of nitrogens with zero attached hydrogens (tertiary/aromatic N) is 2. The first-order chi connectivity index (χ1) is 21.1. The Bertz CT molecular complexity index is 1830. The number of fused-ring (bicyclic) bond motifs is 2. The van der Waals surface area contributed by atoms with Crippen LogP contribution in [0.15, 0.2) is 88.8 Å². The van der Waals surface area contributed by atoms with Gasteiger partial charge in [0.15, 0.2) is 0 Å². The quantitative estimate of drug-likeness (QED) is 0.150. The van der Waals surface area contributed by atoms with Gasteiger partial charge in [-0.05, 0) is 142 Å². The first-order valence-corrected chi connectivity index (χ1v) is 16.0. The van der Waals surface area contributed by atoms with Gasteiger partial charge in [-0.2, -0.15) is 9.98 Å². The van der Waals surface area contributed by atoms with E-state index in [-0.39, 0.29) is 5.92 Å². The second-order valence-electron chi connectivity index (χ2n) is 11.4. The van der Waals surface area contributed by atoms with E-state index in [4.69, 9.17) is 24.4 Å². The Morgan fingerprint density at radius 3 is 2.14 bits per heavy atom. The largest absolute Gasteiger partial charge is 0.195 e. The lowest BCUT2D eigenvalue weighted by Crippen LogP contribution is -2.14. The van der Waals surface area contributed by atoms with E-state index in [9.17, 15) is 0 Å². The normalized spacial score (nSPS) is 15.3. The van der Waals surface area contributed by atoms with Crippen LogP contribution in [-0.2, 0) is 25.7 Å². The predicted molar refractivity (Wildman–Crippen MR) is 189 cm³/mol. The highest BCUT2D eigenvalue weighted by Crippen LogP contribution is 2.46. The first-order valence-electron chi connectivity index (χ1n) is 15.2. The highest BCUT2D eigenvalue weighted by molar-refractivity contribution is 7.78. The topological polar surface area (TPSA) is 24.7 Å². The fourth-order valence-corrected chi connectivity index (χ4v) is 6.76. The van der Waals surface area contributed by atoms with Gasteiger partial charge in [-0.15, -0.1) is 0 Å². The SMILES string of the molecule is CCCc1ccc(C2=Cc3ccc(N=C=S)cc3CC2c2cc(N=C=S)cc3c2C=C(c2ccc(CC)cc2)CC3)cc1. The minimum Gasteiger partial charge on any atom is -0.195 e. The third-order valence-corrected chi connectivity index (χ3v) is 8.97. The number of rotatable bonds is 8. The van der Waals surface area contributed by atoms with Crippen LogP contribution in [0.25, 0.3) is 23.3 Å². The minimum atomic E-state index is 0.128. The van der Waals surface area contributed by atoms with Gasteiger partial charge < -0.3 is 0 Å². The number of isothiocyanates is 2. The van der Waals surface area contributed by atoms with Gasteiger partial charge in [-0.25, -0.2) is 0 Å². The molecule has 0 saturated carbocycles. The van der Waals surface area contributed by atoms with E-state index in [1.807, 2.05) is 6.07 Å². The average molecular weight is 595 g/mol. The monoisotopic (exact) mass is 594 g/mol. The van der Waals surface area contributed by atoms with Gasteiger partial charge >= 0.3 is 0 Å². The smallest absolute Gasteiger partial charge is 0.0745 e. The minimum absolute atomic E-state index is 0.128. The molecule has 0 heterocycles. The molecule has 1 atom stereocenters. The predicted octanol–water partition coefficient (Wildman–Crippen LogP) is 11.0. The molecule has 4 aromatic rings. The van der Waals surface area contributed by atoms with Crippen molar-refractivity contribution in [1.82, 2.24) is 0 Å². The Kier molecular flexibility index (Phi) is 8.84. The van der Waals surface area contributed by atoms with Crippen molar-refractivity contribution in [2.75, 3.05) is 0 Å². The lowest BCUT2D eigenvalue weighted by Gasteiger charge is -2.31. The van der Waals surface area contributed by atoms with E-state index in [1.54, 1.807) is 0 Å². The molecule has 212 valence electrons. The molecule has 0 aliphatic heterocycles. The Balaban J connectivity index is 1.53. The molecule has 4 aromatic carbocycles. The zero-order chi connectivity index (χ0) is 29.8. The zero-order valence-corrected chi connectivity index (χ0v) is 26.3. The van der Waals surface area contributed by atoms with Gasteiger partial charge in [0, 0.05) is 5.92 Å². The maximum absolute atomic E-state index is 5.05. The lowest BCUT2D eigenvalue weighted by atomic mass is 9.73. The Labute approximate surface area is 265 Å². The number of aliphatic imine (C=N–C) groups is 2. The number of thiocarbonyl (C=S) groups is 2. The molecule has 0 aromatic heterocycles. The van der Waals surface area contributed by atoms with E-state index in [0.29, 0.717) is 0 Å². The van der Waals surface area contributed by atoms with Crippen LogP contribution in [0, 0.1) is 0 Å². The van der Waals surface area contributed by atoms with Crippen molar-refractivity contribution in [3.63, 3.8) is 0 Å². The van der Waals surface area contributed by atoms with Gasteiger partial charge in [0.05, 0.1) is 21.7 Å². The zero-order valence-electron chi connectivity index (χ0n) is 24.7. The summed E-state index contributed by atoms with van der Waals surface area (Å²) in [7, 11) is 0. The molecule has 4 heteroatoms.